The van der Waals surface area contributed by atoms with Crippen LogP contribution < -0.4 is 4.74 Å². The molecule has 0 atom stereocenters. The van der Waals surface area contributed by atoms with Gasteiger partial charge in [-0.3, -0.25) is 9.97 Å². The summed E-state index contributed by atoms with van der Waals surface area (Å²) >= 11 is 3.38. The molecule has 0 N–H and O–H groups in total. The monoisotopic (exact) mass is 314 g/mol. The highest BCUT2D eigenvalue weighted by Crippen LogP contribution is 2.20. The first-order valence-electron chi connectivity index (χ1n) is 5.89. The number of fused-ring (bicyclic) bond motifs is 1. The van der Waals surface area contributed by atoms with Crippen molar-refractivity contribution in [1.82, 2.24) is 9.97 Å². The lowest BCUT2D eigenvalue weighted by Gasteiger charge is -2.06. The Morgan fingerprint density at radius 3 is 2.53 bits per heavy atom. The number of benzene rings is 1. The lowest BCUT2D eigenvalue weighted by atomic mass is 10.2. The molecule has 0 aliphatic heterocycles. The van der Waals surface area contributed by atoms with Gasteiger partial charge in [-0.2, -0.15) is 0 Å². The quantitative estimate of drug-likeness (QED) is 0.733. The van der Waals surface area contributed by atoms with E-state index >= 15 is 0 Å². The number of rotatable bonds is 3. The minimum absolute atomic E-state index is 0.532. The van der Waals surface area contributed by atoms with Crippen LogP contribution in [0.2, 0.25) is 0 Å². The normalized spacial score (nSPS) is 10.6. The summed E-state index contributed by atoms with van der Waals surface area (Å²) in [4.78, 5) is 8.64. The third-order valence-corrected chi connectivity index (χ3v) is 3.16. The molecule has 19 heavy (non-hydrogen) atoms. The molecule has 0 saturated carbocycles. The smallest absolute Gasteiger partial charge is 0.140 e. The summed E-state index contributed by atoms with van der Waals surface area (Å²) in [5.74, 6) is 0.728. The second kappa shape index (κ2) is 5.36. The first-order chi connectivity index (χ1) is 9.31. The Hall–Kier alpha value is -1.94. The second-order valence-electron chi connectivity index (χ2n) is 4.14. The van der Waals surface area contributed by atoms with Crippen LogP contribution in [-0.4, -0.2) is 9.97 Å². The number of aromatic nitrogens is 2. The minimum atomic E-state index is 0.532. The molecule has 94 valence electrons. The number of hydrogen-bond acceptors (Lipinski definition) is 3. The SMILES string of the molecule is Brc1cnc2cc(OCc3ccccc3)cnc2c1. The molecule has 2 heterocycles. The van der Waals surface area contributed by atoms with Crippen LogP contribution in [0.4, 0.5) is 0 Å². The van der Waals surface area contributed by atoms with Gasteiger partial charge in [0, 0.05) is 16.7 Å². The van der Waals surface area contributed by atoms with Gasteiger partial charge in [-0.15, -0.1) is 0 Å². The Morgan fingerprint density at radius 2 is 1.68 bits per heavy atom. The van der Waals surface area contributed by atoms with E-state index in [4.69, 9.17) is 4.74 Å². The molecule has 3 aromatic rings. The Bertz CT molecular complexity index is 701. The predicted molar refractivity (Wildman–Crippen MR) is 78.0 cm³/mol. The summed E-state index contributed by atoms with van der Waals surface area (Å²) in [6.07, 6.45) is 3.48. The van der Waals surface area contributed by atoms with Gasteiger partial charge in [0.15, 0.2) is 0 Å². The Balaban J connectivity index is 1.80. The van der Waals surface area contributed by atoms with E-state index in [1.807, 2.05) is 42.5 Å². The van der Waals surface area contributed by atoms with Gasteiger partial charge in [-0.1, -0.05) is 30.3 Å². The molecular weight excluding hydrogens is 304 g/mol. The van der Waals surface area contributed by atoms with Gasteiger partial charge in [0.05, 0.1) is 17.2 Å². The highest BCUT2D eigenvalue weighted by atomic mass is 79.9. The largest absolute Gasteiger partial charge is 0.487 e. The molecular formula is C15H11BrN2O. The molecule has 0 aliphatic carbocycles. The average molecular weight is 315 g/mol. The third-order valence-electron chi connectivity index (χ3n) is 2.72. The summed E-state index contributed by atoms with van der Waals surface area (Å²) in [6.45, 7) is 0.532. The number of pyridine rings is 2. The molecule has 3 rings (SSSR count). The van der Waals surface area contributed by atoms with Crippen molar-refractivity contribution in [2.45, 2.75) is 6.61 Å². The molecule has 2 aromatic heterocycles. The van der Waals surface area contributed by atoms with Crippen LogP contribution in [0.5, 0.6) is 5.75 Å². The van der Waals surface area contributed by atoms with Crippen molar-refractivity contribution in [2.75, 3.05) is 0 Å². The van der Waals surface area contributed by atoms with Gasteiger partial charge in [-0.05, 0) is 27.6 Å². The zero-order valence-electron chi connectivity index (χ0n) is 10.1. The van der Waals surface area contributed by atoms with Gasteiger partial charge in [0.25, 0.3) is 0 Å². The summed E-state index contributed by atoms with van der Waals surface area (Å²) in [5.41, 5.74) is 2.81. The van der Waals surface area contributed by atoms with Crippen LogP contribution in [0.15, 0.2) is 59.3 Å². The zero-order chi connectivity index (χ0) is 13.1. The molecule has 1 aromatic carbocycles. The zero-order valence-corrected chi connectivity index (χ0v) is 11.7. The standard InChI is InChI=1S/C15H11BrN2O/c16-12-6-14-15(17-8-12)7-13(9-18-14)19-10-11-4-2-1-3-5-11/h1-9H,10H2. The fourth-order valence-corrected chi connectivity index (χ4v) is 2.10. The van der Waals surface area contributed by atoms with E-state index in [0.29, 0.717) is 6.61 Å². The van der Waals surface area contributed by atoms with Gasteiger partial charge < -0.3 is 4.74 Å². The highest BCUT2D eigenvalue weighted by Gasteiger charge is 2.01. The maximum atomic E-state index is 5.72. The van der Waals surface area contributed by atoms with Gasteiger partial charge in [0.1, 0.15) is 12.4 Å². The lowest BCUT2D eigenvalue weighted by molar-refractivity contribution is 0.305. The molecule has 0 fully saturated rings. The van der Waals surface area contributed by atoms with Crippen LogP contribution in [0, 0.1) is 0 Å². The lowest BCUT2D eigenvalue weighted by Crippen LogP contribution is -1.96. The molecule has 0 radical (unpaired) electrons. The Kier molecular flexibility index (Phi) is 3.42. The minimum Gasteiger partial charge on any atom is -0.487 e. The van der Waals surface area contributed by atoms with Crippen LogP contribution in [0.25, 0.3) is 11.0 Å². The van der Waals surface area contributed by atoms with Gasteiger partial charge in [-0.25, -0.2) is 0 Å². The van der Waals surface area contributed by atoms with E-state index in [0.717, 1.165) is 26.8 Å². The predicted octanol–water partition coefficient (Wildman–Crippen LogP) is 3.97. The summed E-state index contributed by atoms with van der Waals surface area (Å²) < 4.78 is 6.64. The second-order valence-corrected chi connectivity index (χ2v) is 5.05. The van der Waals surface area contributed by atoms with Crippen molar-refractivity contribution in [3.63, 3.8) is 0 Å². The van der Waals surface area contributed by atoms with E-state index in [-0.39, 0.29) is 0 Å². The molecule has 0 aliphatic rings. The highest BCUT2D eigenvalue weighted by molar-refractivity contribution is 9.10. The summed E-state index contributed by atoms with van der Waals surface area (Å²) in [6, 6.07) is 13.9. The number of nitrogens with zero attached hydrogens (tertiary/aromatic N) is 2. The number of ether oxygens (including phenoxy) is 1. The molecule has 0 saturated heterocycles. The molecule has 3 nitrogen and oxygen atoms in total. The molecule has 0 unspecified atom stereocenters. The molecule has 0 amide bonds. The summed E-state index contributed by atoms with van der Waals surface area (Å²) in [5, 5.41) is 0. The van der Waals surface area contributed by atoms with Crippen LogP contribution in [0.1, 0.15) is 5.56 Å². The van der Waals surface area contributed by atoms with Crippen molar-refractivity contribution in [2.24, 2.45) is 0 Å². The fraction of sp³-hybridized carbons (Fsp3) is 0.0667. The van der Waals surface area contributed by atoms with Crippen molar-refractivity contribution >= 4 is 27.0 Å². The first kappa shape index (κ1) is 12.1. The number of halogens is 1. The molecule has 0 spiro atoms. The topological polar surface area (TPSA) is 35.0 Å². The third kappa shape index (κ3) is 2.90. The Labute approximate surface area is 119 Å². The Morgan fingerprint density at radius 1 is 0.947 bits per heavy atom. The molecule has 4 heteroatoms. The van der Waals surface area contributed by atoms with E-state index in [1.165, 1.54) is 0 Å². The van der Waals surface area contributed by atoms with E-state index in [1.54, 1.807) is 12.4 Å². The summed E-state index contributed by atoms with van der Waals surface area (Å²) in [7, 11) is 0. The van der Waals surface area contributed by atoms with Crippen LogP contribution >= 0.6 is 15.9 Å². The van der Waals surface area contributed by atoms with Crippen molar-refractivity contribution in [3.05, 3.63) is 64.9 Å². The van der Waals surface area contributed by atoms with Gasteiger partial charge >= 0.3 is 0 Å². The van der Waals surface area contributed by atoms with Crippen LogP contribution in [0.3, 0.4) is 0 Å². The van der Waals surface area contributed by atoms with E-state index in [9.17, 15) is 0 Å². The van der Waals surface area contributed by atoms with Crippen LogP contribution in [-0.2, 0) is 6.61 Å². The van der Waals surface area contributed by atoms with Crippen molar-refractivity contribution in [3.8, 4) is 5.75 Å². The van der Waals surface area contributed by atoms with E-state index < -0.39 is 0 Å². The first-order valence-corrected chi connectivity index (χ1v) is 6.68. The van der Waals surface area contributed by atoms with Crippen molar-refractivity contribution < 1.29 is 4.74 Å². The maximum Gasteiger partial charge on any atom is 0.140 e. The maximum absolute atomic E-state index is 5.72. The van der Waals surface area contributed by atoms with Gasteiger partial charge in [0.2, 0.25) is 0 Å². The average Bonchev–Trinajstić information content (AvgIpc) is 2.46. The molecule has 0 bridgehead atoms. The fourth-order valence-electron chi connectivity index (χ4n) is 1.78. The van der Waals surface area contributed by atoms with E-state index in [2.05, 4.69) is 25.9 Å². The number of hydrogen-bond donors (Lipinski definition) is 0. The van der Waals surface area contributed by atoms with Crippen molar-refractivity contribution in [1.29, 1.82) is 0 Å².